The zero-order valence-electron chi connectivity index (χ0n) is 16.7. The Morgan fingerprint density at radius 3 is 2.54 bits per heavy atom. The van der Waals surface area contributed by atoms with Crippen LogP contribution in [-0.4, -0.2) is 24.8 Å². The van der Waals surface area contributed by atoms with Gasteiger partial charge in [0.05, 0.1) is 13.2 Å². The third-order valence-electron chi connectivity index (χ3n) is 9.41. The van der Waals surface area contributed by atoms with Crippen LogP contribution in [0.15, 0.2) is 11.6 Å². The lowest BCUT2D eigenvalue weighted by Gasteiger charge is -2.58. The largest absolute Gasteiger partial charge is 0.347 e. The molecular weight excluding hydrogens is 324 g/mol. The third kappa shape index (κ3) is 2.22. The molecule has 3 heteroatoms. The minimum atomic E-state index is -0.311. The second-order valence-electron chi connectivity index (χ2n) is 10.3. The minimum absolute atomic E-state index is 0.252. The van der Waals surface area contributed by atoms with Crippen LogP contribution in [-0.2, 0) is 14.3 Å². The molecule has 1 saturated heterocycles. The number of hydrogen-bond donors (Lipinski definition) is 0. The second-order valence-corrected chi connectivity index (χ2v) is 10.3. The van der Waals surface area contributed by atoms with Gasteiger partial charge in [-0.15, -0.1) is 0 Å². The molecule has 4 aliphatic carbocycles. The number of ketones is 1. The van der Waals surface area contributed by atoms with Crippen LogP contribution in [0.5, 0.6) is 0 Å². The van der Waals surface area contributed by atoms with E-state index >= 15 is 0 Å². The molecule has 0 aromatic carbocycles. The molecule has 144 valence electrons. The van der Waals surface area contributed by atoms with Crippen molar-refractivity contribution in [1.82, 2.24) is 0 Å². The van der Waals surface area contributed by atoms with Crippen LogP contribution in [0.25, 0.3) is 0 Å². The van der Waals surface area contributed by atoms with Crippen molar-refractivity contribution in [2.75, 3.05) is 13.2 Å². The maximum Gasteiger partial charge on any atom is 0.172 e. The van der Waals surface area contributed by atoms with Gasteiger partial charge in [-0.1, -0.05) is 25.5 Å². The van der Waals surface area contributed by atoms with Gasteiger partial charge in [0.15, 0.2) is 5.79 Å². The molecule has 0 aromatic rings. The van der Waals surface area contributed by atoms with E-state index in [1.54, 1.807) is 5.57 Å². The Labute approximate surface area is 157 Å². The first-order valence-corrected chi connectivity index (χ1v) is 10.9. The van der Waals surface area contributed by atoms with Gasteiger partial charge in [0.25, 0.3) is 0 Å². The van der Waals surface area contributed by atoms with E-state index in [9.17, 15) is 4.79 Å². The predicted molar refractivity (Wildman–Crippen MR) is 101 cm³/mol. The van der Waals surface area contributed by atoms with Crippen LogP contribution in [0.4, 0.5) is 0 Å². The van der Waals surface area contributed by atoms with Crippen molar-refractivity contribution in [2.24, 2.45) is 34.5 Å². The van der Waals surface area contributed by atoms with Crippen LogP contribution in [0.3, 0.4) is 0 Å². The zero-order valence-corrected chi connectivity index (χ0v) is 16.7. The molecule has 1 heterocycles. The summed E-state index contributed by atoms with van der Waals surface area (Å²) >= 11 is 0. The zero-order chi connectivity index (χ0) is 18.2. The minimum Gasteiger partial charge on any atom is -0.347 e. The second kappa shape index (κ2) is 5.67. The lowest BCUT2D eigenvalue weighted by atomic mass is 9.47. The smallest absolute Gasteiger partial charge is 0.172 e. The van der Waals surface area contributed by atoms with Crippen molar-refractivity contribution in [3.8, 4) is 0 Å². The summed E-state index contributed by atoms with van der Waals surface area (Å²) in [5, 5.41) is 0. The number of Topliss-reactive ketones (excluding diaryl/α,β-unsaturated/α-hetero) is 1. The summed E-state index contributed by atoms with van der Waals surface area (Å²) in [5.74, 6) is 2.72. The number of fused-ring (bicyclic) bond motifs is 5. The highest BCUT2D eigenvalue weighted by Crippen LogP contribution is 2.67. The van der Waals surface area contributed by atoms with Crippen molar-refractivity contribution in [3.63, 3.8) is 0 Å². The van der Waals surface area contributed by atoms with Crippen molar-refractivity contribution in [3.05, 3.63) is 11.6 Å². The molecular formula is C23H34O3. The highest BCUT2D eigenvalue weighted by molar-refractivity contribution is 5.79. The summed E-state index contributed by atoms with van der Waals surface area (Å²) in [5.41, 5.74) is 2.18. The molecule has 3 nitrogen and oxygen atoms in total. The standard InChI is InChI=1S/C23H34O3/c1-15(24)18-6-7-19-17-5-4-16-14-23(25-12-13-26-23)11-10-21(16,2)20(17)8-9-22(18,19)3/h4,17-20H,5-14H2,1-3H3/t17-,18-,19-,20-,21+,22-/m1/s1. The van der Waals surface area contributed by atoms with Gasteiger partial charge in [-0.2, -0.15) is 0 Å². The van der Waals surface area contributed by atoms with Crippen molar-refractivity contribution < 1.29 is 14.3 Å². The molecule has 5 aliphatic rings. The van der Waals surface area contributed by atoms with Gasteiger partial charge < -0.3 is 9.47 Å². The van der Waals surface area contributed by atoms with Crippen LogP contribution < -0.4 is 0 Å². The fraction of sp³-hybridized carbons (Fsp3) is 0.870. The SMILES string of the molecule is CC(=O)[C@H]1CC[C@@H]2[C@H]3CC=C4CC5(CC[C@]4(C)[C@@H]3CC[C@]12C)OCCO5. The Morgan fingerprint density at radius 1 is 1.04 bits per heavy atom. The Bertz CT molecular complexity index is 646. The van der Waals surface area contributed by atoms with E-state index in [0.29, 0.717) is 17.1 Å². The number of allylic oxidation sites excluding steroid dienone is 1. The summed E-state index contributed by atoms with van der Waals surface area (Å²) in [4.78, 5) is 12.3. The van der Waals surface area contributed by atoms with Crippen LogP contribution in [0, 0.1) is 34.5 Å². The van der Waals surface area contributed by atoms with E-state index in [0.717, 1.165) is 50.2 Å². The van der Waals surface area contributed by atoms with E-state index in [4.69, 9.17) is 9.47 Å². The summed E-state index contributed by atoms with van der Waals surface area (Å²) in [7, 11) is 0. The van der Waals surface area contributed by atoms with Crippen molar-refractivity contribution in [1.29, 1.82) is 0 Å². The summed E-state index contributed by atoms with van der Waals surface area (Å²) < 4.78 is 12.1. The van der Waals surface area contributed by atoms with Crippen molar-refractivity contribution >= 4 is 5.78 Å². The van der Waals surface area contributed by atoms with E-state index in [1.165, 1.54) is 32.1 Å². The van der Waals surface area contributed by atoms with Crippen molar-refractivity contribution in [2.45, 2.75) is 77.9 Å². The van der Waals surface area contributed by atoms with Crippen LogP contribution >= 0.6 is 0 Å². The first-order chi connectivity index (χ1) is 12.4. The molecule has 0 amide bonds. The predicted octanol–water partition coefficient (Wildman–Crippen LogP) is 4.90. The van der Waals surface area contributed by atoms with Crippen LogP contribution in [0.2, 0.25) is 0 Å². The van der Waals surface area contributed by atoms with Gasteiger partial charge in [-0.3, -0.25) is 4.79 Å². The Balaban J connectivity index is 1.44. The normalized spacial score (nSPS) is 49.3. The monoisotopic (exact) mass is 358 g/mol. The van der Waals surface area contributed by atoms with Gasteiger partial charge >= 0.3 is 0 Å². The quantitative estimate of drug-likeness (QED) is 0.626. The van der Waals surface area contributed by atoms with E-state index in [-0.39, 0.29) is 11.2 Å². The molecule has 1 aliphatic heterocycles. The Kier molecular flexibility index (Phi) is 3.80. The molecule has 6 atom stereocenters. The van der Waals surface area contributed by atoms with Gasteiger partial charge in [0.2, 0.25) is 0 Å². The third-order valence-corrected chi connectivity index (χ3v) is 9.41. The highest BCUT2D eigenvalue weighted by Gasteiger charge is 2.60. The first-order valence-electron chi connectivity index (χ1n) is 10.9. The summed E-state index contributed by atoms with van der Waals surface area (Å²) in [6.07, 6.45) is 11.9. The average molecular weight is 359 g/mol. The highest BCUT2D eigenvalue weighted by atomic mass is 16.7. The van der Waals surface area contributed by atoms with E-state index in [1.807, 2.05) is 6.92 Å². The Hall–Kier alpha value is -0.670. The maximum absolute atomic E-state index is 12.3. The van der Waals surface area contributed by atoms with E-state index in [2.05, 4.69) is 19.9 Å². The number of carbonyl (C=O) groups excluding carboxylic acids is 1. The molecule has 26 heavy (non-hydrogen) atoms. The molecule has 0 radical (unpaired) electrons. The molecule has 4 fully saturated rings. The fourth-order valence-electron chi connectivity index (χ4n) is 8.02. The number of carbonyl (C=O) groups is 1. The average Bonchev–Trinajstić information content (AvgIpc) is 3.20. The van der Waals surface area contributed by atoms with Gasteiger partial charge in [0.1, 0.15) is 5.78 Å². The first kappa shape index (κ1) is 17.4. The molecule has 3 saturated carbocycles. The molecule has 0 bridgehead atoms. The Morgan fingerprint density at radius 2 is 1.81 bits per heavy atom. The summed E-state index contributed by atoms with van der Waals surface area (Å²) in [6, 6.07) is 0. The molecule has 1 spiro atoms. The van der Waals surface area contributed by atoms with Gasteiger partial charge in [0, 0.05) is 18.8 Å². The van der Waals surface area contributed by atoms with Crippen LogP contribution in [0.1, 0.15) is 72.1 Å². The maximum atomic E-state index is 12.3. The molecule has 0 unspecified atom stereocenters. The molecule has 0 aromatic heterocycles. The summed E-state index contributed by atoms with van der Waals surface area (Å²) in [6.45, 7) is 8.29. The van der Waals surface area contributed by atoms with E-state index < -0.39 is 0 Å². The topological polar surface area (TPSA) is 35.5 Å². The molecule has 0 N–H and O–H groups in total. The number of hydrogen-bond acceptors (Lipinski definition) is 3. The fourth-order valence-corrected chi connectivity index (χ4v) is 8.02. The van der Waals surface area contributed by atoms with Gasteiger partial charge in [-0.25, -0.2) is 0 Å². The lowest BCUT2D eigenvalue weighted by molar-refractivity contribution is -0.185. The number of ether oxygens (including phenoxy) is 2. The number of rotatable bonds is 1. The lowest BCUT2D eigenvalue weighted by Crippen LogP contribution is -2.52. The molecule has 5 rings (SSSR count). The van der Waals surface area contributed by atoms with Gasteiger partial charge in [-0.05, 0) is 74.0 Å².